The van der Waals surface area contributed by atoms with Crippen LogP contribution in [0.2, 0.25) is 0 Å². The fraction of sp³-hybridized carbons (Fsp3) is 0.0588. The van der Waals surface area contributed by atoms with E-state index in [1.807, 2.05) is 0 Å². The van der Waals surface area contributed by atoms with Crippen LogP contribution in [0.15, 0.2) is 53.4 Å². The van der Waals surface area contributed by atoms with Gasteiger partial charge < -0.3 is 10.8 Å². The van der Waals surface area contributed by atoms with Crippen molar-refractivity contribution in [3.05, 3.63) is 59.8 Å². The van der Waals surface area contributed by atoms with E-state index in [2.05, 4.69) is 5.10 Å². The van der Waals surface area contributed by atoms with Crippen LogP contribution in [0.3, 0.4) is 0 Å². The van der Waals surface area contributed by atoms with Crippen molar-refractivity contribution in [3.63, 3.8) is 0 Å². The molecule has 4 rings (SSSR count). The zero-order valence-electron chi connectivity index (χ0n) is 12.9. The molecule has 2 heterocycles. The van der Waals surface area contributed by atoms with Gasteiger partial charge in [-0.2, -0.15) is 5.10 Å². The number of carboxylic acids is 1. The largest absolute Gasteiger partial charge is 0.476 e. The van der Waals surface area contributed by atoms with Crippen LogP contribution in [0.4, 0.5) is 5.69 Å². The molecule has 0 amide bonds. The van der Waals surface area contributed by atoms with Crippen molar-refractivity contribution in [2.45, 2.75) is 10.6 Å². The van der Waals surface area contributed by atoms with Crippen molar-refractivity contribution in [3.8, 4) is 16.9 Å². The number of aromatic nitrogens is 2. The Bertz CT molecular complexity index is 1130. The first-order valence-corrected chi connectivity index (χ1v) is 9.07. The number of anilines is 1. The van der Waals surface area contributed by atoms with Gasteiger partial charge in [-0.25, -0.2) is 17.9 Å². The number of carboxylic acid groups (broad SMARTS) is 1. The van der Waals surface area contributed by atoms with Crippen LogP contribution < -0.4 is 5.73 Å². The molecule has 0 aliphatic carbocycles. The Morgan fingerprint density at radius 3 is 2.64 bits per heavy atom. The van der Waals surface area contributed by atoms with Gasteiger partial charge in [0.15, 0.2) is 15.5 Å². The molecular formula is C17H13N3O4S. The van der Waals surface area contributed by atoms with E-state index in [4.69, 9.17) is 5.73 Å². The maximum Gasteiger partial charge on any atom is 0.356 e. The number of hydrogen-bond acceptors (Lipinski definition) is 5. The molecule has 0 saturated carbocycles. The van der Waals surface area contributed by atoms with Gasteiger partial charge in [0, 0.05) is 16.8 Å². The van der Waals surface area contributed by atoms with Gasteiger partial charge >= 0.3 is 5.97 Å². The van der Waals surface area contributed by atoms with Gasteiger partial charge in [-0.15, -0.1) is 0 Å². The summed E-state index contributed by atoms with van der Waals surface area (Å²) in [6.07, 6.45) is 0. The first-order valence-electron chi connectivity index (χ1n) is 7.42. The van der Waals surface area contributed by atoms with Gasteiger partial charge in [0.25, 0.3) is 0 Å². The maximum absolute atomic E-state index is 12.6. The minimum absolute atomic E-state index is 0.171. The summed E-state index contributed by atoms with van der Waals surface area (Å²) in [7, 11) is -3.63. The number of carbonyl (C=O) groups is 1. The highest BCUT2D eigenvalue weighted by Gasteiger charge is 2.35. The van der Waals surface area contributed by atoms with E-state index in [1.54, 1.807) is 42.5 Å². The molecule has 0 fully saturated rings. The van der Waals surface area contributed by atoms with Gasteiger partial charge in [0.05, 0.1) is 22.0 Å². The summed E-state index contributed by atoms with van der Waals surface area (Å²) >= 11 is 0. The normalized spacial score (nSPS) is 14.6. The molecule has 2 aromatic carbocycles. The lowest BCUT2D eigenvalue weighted by atomic mass is 10.1. The Morgan fingerprint density at radius 1 is 1.16 bits per heavy atom. The van der Waals surface area contributed by atoms with Crippen LogP contribution in [0.5, 0.6) is 0 Å². The summed E-state index contributed by atoms with van der Waals surface area (Å²) in [5, 5.41) is 13.6. The summed E-state index contributed by atoms with van der Waals surface area (Å²) < 4.78 is 26.6. The van der Waals surface area contributed by atoms with E-state index in [-0.39, 0.29) is 16.2 Å². The molecule has 0 radical (unpaired) electrons. The van der Waals surface area contributed by atoms with Crippen molar-refractivity contribution in [2.75, 3.05) is 5.73 Å². The lowest BCUT2D eigenvalue weighted by Crippen LogP contribution is -2.15. The molecule has 8 heteroatoms. The minimum Gasteiger partial charge on any atom is -0.476 e. The minimum atomic E-state index is -3.63. The third kappa shape index (κ3) is 2.30. The summed E-state index contributed by atoms with van der Waals surface area (Å²) in [5.74, 6) is -1.67. The fourth-order valence-electron chi connectivity index (χ4n) is 3.08. The molecule has 0 atom stereocenters. The van der Waals surface area contributed by atoms with Crippen molar-refractivity contribution >= 4 is 21.5 Å². The predicted octanol–water partition coefficient (Wildman–Crippen LogP) is 2.11. The molecule has 7 nitrogen and oxygen atoms in total. The van der Waals surface area contributed by atoms with Gasteiger partial charge in [-0.3, -0.25) is 0 Å². The number of sulfone groups is 1. The van der Waals surface area contributed by atoms with E-state index in [0.717, 1.165) is 0 Å². The number of nitrogen functional groups attached to an aromatic ring is 1. The van der Waals surface area contributed by atoms with Crippen molar-refractivity contribution in [1.29, 1.82) is 0 Å². The van der Waals surface area contributed by atoms with Gasteiger partial charge in [-0.1, -0.05) is 24.3 Å². The summed E-state index contributed by atoms with van der Waals surface area (Å²) in [6, 6.07) is 13.3. The predicted molar refractivity (Wildman–Crippen MR) is 91.3 cm³/mol. The van der Waals surface area contributed by atoms with Crippen LogP contribution in [-0.2, 0) is 15.6 Å². The summed E-state index contributed by atoms with van der Waals surface area (Å²) in [6.45, 7) is 0. The first-order chi connectivity index (χ1) is 11.9. The molecule has 0 bridgehead atoms. The molecule has 25 heavy (non-hydrogen) atoms. The number of aromatic carboxylic acids is 1. The second-order valence-electron chi connectivity index (χ2n) is 5.74. The average Bonchev–Trinajstić information content (AvgIpc) is 2.94. The fourth-order valence-corrected chi connectivity index (χ4v) is 4.67. The average molecular weight is 355 g/mol. The monoisotopic (exact) mass is 355 g/mol. The second-order valence-corrected chi connectivity index (χ2v) is 7.70. The van der Waals surface area contributed by atoms with Gasteiger partial charge in [0.1, 0.15) is 0 Å². The van der Waals surface area contributed by atoms with Crippen molar-refractivity contribution in [1.82, 2.24) is 9.78 Å². The highest BCUT2D eigenvalue weighted by atomic mass is 32.2. The lowest BCUT2D eigenvalue weighted by Gasteiger charge is -2.18. The van der Waals surface area contributed by atoms with E-state index in [0.29, 0.717) is 22.6 Å². The molecule has 0 unspecified atom stereocenters. The maximum atomic E-state index is 12.6. The highest BCUT2D eigenvalue weighted by molar-refractivity contribution is 7.90. The molecule has 0 saturated heterocycles. The topological polar surface area (TPSA) is 115 Å². The summed E-state index contributed by atoms with van der Waals surface area (Å²) in [5.41, 5.74) is 7.71. The molecule has 0 spiro atoms. The number of hydrogen-bond donors (Lipinski definition) is 2. The number of nitrogens with two attached hydrogens (primary N) is 1. The van der Waals surface area contributed by atoms with Crippen LogP contribution >= 0.6 is 0 Å². The molecule has 1 aliphatic rings. The quantitative estimate of drug-likeness (QED) is 0.680. The van der Waals surface area contributed by atoms with Crippen LogP contribution in [0.25, 0.3) is 16.9 Å². The SMILES string of the molecule is Nc1cccc(-n2nc(C(=O)O)c3c2-c2ccccc2S(=O)(=O)C3)c1. The highest BCUT2D eigenvalue weighted by Crippen LogP contribution is 2.40. The van der Waals surface area contributed by atoms with E-state index >= 15 is 0 Å². The molecule has 3 N–H and O–H groups in total. The van der Waals surface area contributed by atoms with E-state index < -0.39 is 21.6 Å². The van der Waals surface area contributed by atoms with Crippen LogP contribution in [0, 0.1) is 0 Å². The standard InChI is InChI=1S/C17H13N3O4S/c18-10-4-3-5-11(8-10)20-16-12-6-1-2-7-14(12)25(23,24)9-13(16)15(19-20)17(21)22/h1-8H,9,18H2,(H,21,22). The van der Waals surface area contributed by atoms with Crippen molar-refractivity contribution in [2.24, 2.45) is 0 Å². The van der Waals surface area contributed by atoms with E-state index in [1.165, 1.54) is 10.7 Å². The Morgan fingerprint density at radius 2 is 1.92 bits per heavy atom. The molecule has 1 aromatic heterocycles. The Kier molecular flexibility index (Phi) is 3.19. The third-order valence-electron chi connectivity index (χ3n) is 4.11. The van der Waals surface area contributed by atoms with Crippen LogP contribution in [0.1, 0.15) is 16.1 Å². The molecule has 3 aromatic rings. The number of fused-ring (bicyclic) bond motifs is 3. The third-order valence-corrected chi connectivity index (χ3v) is 5.81. The zero-order chi connectivity index (χ0) is 17.8. The smallest absolute Gasteiger partial charge is 0.356 e. The second kappa shape index (κ2) is 5.18. The number of benzene rings is 2. The Labute approximate surface area is 143 Å². The Hall–Kier alpha value is -3.13. The number of nitrogens with zero attached hydrogens (tertiary/aromatic N) is 2. The zero-order valence-corrected chi connectivity index (χ0v) is 13.7. The lowest BCUT2D eigenvalue weighted by molar-refractivity contribution is 0.0689. The molecule has 126 valence electrons. The number of rotatable bonds is 2. The molecule has 1 aliphatic heterocycles. The van der Waals surface area contributed by atoms with E-state index in [9.17, 15) is 18.3 Å². The summed E-state index contributed by atoms with van der Waals surface area (Å²) in [4.78, 5) is 11.8. The Balaban J connectivity index is 2.11. The van der Waals surface area contributed by atoms with Crippen molar-refractivity contribution < 1.29 is 18.3 Å². The van der Waals surface area contributed by atoms with Gasteiger partial charge in [0.2, 0.25) is 0 Å². The van der Waals surface area contributed by atoms with Gasteiger partial charge in [-0.05, 0) is 24.3 Å². The first kappa shape index (κ1) is 15.4. The molecular weight excluding hydrogens is 342 g/mol. The van der Waals surface area contributed by atoms with Crippen LogP contribution in [-0.4, -0.2) is 29.3 Å².